The predicted molar refractivity (Wildman–Crippen MR) is 61.9 cm³/mol. The topological polar surface area (TPSA) is 77.2 Å². The Hall–Kier alpha value is -1.08. The lowest BCUT2D eigenvalue weighted by Crippen LogP contribution is -2.08. The number of aliphatic carboxylic acids is 1. The maximum Gasteiger partial charge on any atom is 0.313 e. The van der Waals surface area contributed by atoms with E-state index in [0.717, 1.165) is 18.7 Å². The molecule has 1 aromatic heterocycles. The van der Waals surface area contributed by atoms with E-state index in [1.165, 1.54) is 11.8 Å². The molecule has 1 N–H and O–H groups in total. The molecule has 94 valence electrons. The fraction of sp³-hybridized carbons (Fsp3) is 0.700. The third-order valence-corrected chi connectivity index (χ3v) is 3.72. The second kappa shape index (κ2) is 5.05. The molecule has 0 bridgehead atoms. The molecular formula is C10H15N3O3S. The van der Waals surface area contributed by atoms with Gasteiger partial charge in [0.05, 0.1) is 11.9 Å². The van der Waals surface area contributed by atoms with Gasteiger partial charge in [-0.15, -0.1) is 10.2 Å². The van der Waals surface area contributed by atoms with Crippen molar-refractivity contribution in [3.05, 3.63) is 5.82 Å². The van der Waals surface area contributed by atoms with Crippen LogP contribution >= 0.6 is 11.8 Å². The number of hydrogen-bond donors (Lipinski definition) is 1. The number of thioether (sulfide) groups is 1. The van der Waals surface area contributed by atoms with Crippen LogP contribution in [0, 0.1) is 0 Å². The molecule has 2 unspecified atom stereocenters. The van der Waals surface area contributed by atoms with E-state index in [-0.39, 0.29) is 18.0 Å². The van der Waals surface area contributed by atoms with E-state index >= 15 is 0 Å². The number of ether oxygens (including phenoxy) is 1. The molecule has 0 amide bonds. The molecule has 0 aromatic carbocycles. The van der Waals surface area contributed by atoms with Crippen molar-refractivity contribution in [2.45, 2.75) is 37.1 Å². The molecule has 0 radical (unpaired) electrons. The van der Waals surface area contributed by atoms with Crippen molar-refractivity contribution in [1.82, 2.24) is 14.8 Å². The van der Waals surface area contributed by atoms with Gasteiger partial charge >= 0.3 is 5.97 Å². The lowest BCUT2D eigenvalue weighted by molar-refractivity contribution is -0.133. The van der Waals surface area contributed by atoms with Gasteiger partial charge in [0.15, 0.2) is 11.0 Å². The van der Waals surface area contributed by atoms with Crippen molar-refractivity contribution in [1.29, 1.82) is 0 Å². The summed E-state index contributed by atoms with van der Waals surface area (Å²) in [4.78, 5) is 10.5. The Labute approximate surface area is 103 Å². The summed E-state index contributed by atoms with van der Waals surface area (Å²) in [5.41, 5.74) is 0. The van der Waals surface area contributed by atoms with Crippen molar-refractivity contribution in [2.75, 3.05) is 5.75 Å². The summed E-state index contributed by atoms with van der Waals surface area (Å²) in [6.07, 6.45) is 2.21. The van der Waals surface area contributed by atoms with Crippen molar-refractivity contribution < 1.29 is 14.6 Å². The molecule has 0 aliphatic carbocycles. The van der Waals surface area contributed by atoms with Gasteiger partial charge in [-0.1, -0.05) is 11.8 Å². The maximum absolute atomic E-state index is 10.5. The molecular weight excluding hydrogens is 242 g/mol. The molecule has 6 nitrogen and oxygen atoms in total. The molecule has 1 saturated heterocycles. The van der Waals surface area contributed by atoms with E-state index in [2.05, 4.69) is 10.2 Å². The number of carbonyl (C=O) groups is 1. The molecule has 1 aliphatic heterocycles. The first-order chi connectivity index (χ1) is 8.08. The second-order valence-corrected chi connectivity index (χ2v) is 5.04. The summed E-state index contributed by atoms with van der Waals surface area (Å²) in [5, 5.41) is 17.3. The Kier molecular flexibility index (Phi) is 3.68. The molecule has 1 aromatic rings. The van der Waals surface area contributed by atoms with Crippen LogP contribution in [0.1, 0.15) is 31.7 Å². The number of aromatic nitrogens is 3. The highest BCUT2D eigenvalue weighted by Gasteiger charge is 2.28. The van der Waals surface area contributed by atoms with E-state index in [4.69, 9.17) is 9.84 Å². The molecule has 1 fully saturated rings. The van der Waals surface area contributed by atoms with Gasteiger partial charge in [-0.25, -0.2) is 0 Å². The van der Waals surface area contributed by atoms with Crippen LogP contribution in [0.2, 0.25) is 0 Å². The van der Waals surface area contributed by atoms with Gasteiger partial charge in [-0.2, -0.15) is 0 Å². The summed E-state index contributed by atoms with van der Waals surface area (Å²) < 4.78 is 7.53. The lowest BCUT2D eigenvalue weighted by Gasteiger charge is -2.10. The molecule has 0 spiro atoms. The SMILES string of the molecule is CC1CCC(c2nnc(SCC(=O)O)n2C)O1. The number of carboxylic acids is 1. The Morgan fingerprint density at radius 3 is 2.94 bits per heavy atom. The second-order valence-electron chi connectivity index (χ2n) is 4.09. The monoisotopic (exact) mass is 257 g/mol. The van der Waals surface area contributed by atoms with Crippen molar-refractivity contribution >= 4 is 17.7 Å². The maximum atomic E-state index is 10.5. The highest BCUT2D eigenvalue weighted by molar-refractivity contribution is 7.99. The number of rotatable bonds is 4. The summed E-state index contributed by atoms with van der Waals surface area (Å²) in [6.45, 7) is 2.04. The number of nitrogens with zero attached hydrogens (tertiary/aromatic N) is 3. The summed E-state index contributed by atoms with van der Waals surface area (Å²) in [5.74, 6) is -0.0824. The molecule has 2 atom stereocenters. The third kappa shape index (κ3) is 2.78. The van der Waals surface area contributed by atoms with Crippen LogP contribution in [-0.4, -0.2) is 37.7 Å². The highest BCUT2D eigenvalue weighted by atomic mass is 32.2. The van der Waals surface area contributed by atoms with E-state index in [1.54, 1.807) is 0 Å². The quantitative estimate of drug-likeness (QED) is 0.817. The molecule has 0 saturated carbocycles. The van der Waals surface area contributed by atoms with Gasteiger partial charge in [0.1, 0.15) is 6.10 Å². The van der Waals surface area contributed by atoms with Crippen molar-refractivity contribution in [3.8, 4) is 0 Å². The van der Waals surface area contributed by atoms with Gasteiger partial charge in [0.25, 0.3) is 0 Å². The molecule has 17 heavy (non-hydrogen) atoms. The normalized spacial score (nSPS) is 24.1. The number of hydrogen-bond acceptors (Lipinski definition) is 5. The van der Waals surface area contributed by atoms with Gasteiger partial charge in [0.2, 0.25) is 0 Å². The van der Waals surface area contributed by atoms with Crippen LogP contribution in [0.25, 0.3) is 0 Å². The summed E-state index contributed by atoms with van der Waals surface area (Å²) in [6, 6.07) is 0. The molecule has 2 heterocycles. The Bertz CT molecular complexity index is 421. The van der Waals surface area contributed by atoms with Gasteiger partial charge in [-0.3, -0.25) is 4.79 Å². The molecule has 2 rings (SSSR count). The van der Waals surface area contributed by atoms with Crippen LogP contribution in [0.5, 0.6) is 0 Å². The van der Waals surface area contributed by atoms with Crippen LogP contribution < -0.4 is 0 Å². The zero-order valence-corrected chi connectivity index (χ0v) is 10.6. The van der Waals surface area contributed by atoms with Crippen LogP contribution in [0.4, 0.5) is 0 Å². The van der Waals surface area contributed by atoms with E-state index in [0.29, 0.717) is 5.16 Å². The van der Waals surface area contributed by atoms with Gasteiger partial charge < -0.3 is 14.4 Å². The first kappa shape index (κ1) is 12.4. The van der Waals surface area contributed by atoms with E-state index in [9.17, 15) is 4.79 Å². The van der Waals surface area contributed by atoms with Crippen molar-refractivity contribution in [3.63, 3.8) is 0 Å². The smallest absolute Gasteiger partial charge is 0.313 e. The minimum atomic E-state index is -0.856. The lowest BCUT2D eigenvalue weighted by atomic mass is 10.2. The highest BCUT2D eigenvalue weighted by Crippen LogP contribution is 2.32. The fourth-order valence-corrected chi connectivity index (χ4v) is 2.49. The Balaban J connectivity index is 2.07. The summed E-state index contributed by atoms with van der Waals surface area (Å²) >= 11 is 1.17. The van der Waals surface area contributed by atoms with E-state index in [1.807, 2.05) is 18.5 Å². The largest absolute Gasteiger partial charge is 0.481 e. The van der Waals surface area contributed by atoms with Gasteiger partial charge in [-0.05, 0) is 19.8 Å². The fourth-order valence-electron chi connectivity index (χ4n) is 1.85. The Morgan fingerprint density at radius 2 is 2.35 bits per heavy atom. The van der Waals surface area contributed by atoms with E-state index < -0.39 is 5.97 Å². The first-order valence-corrected chi connectivity index (χ1v) is 6.46. The van der Waals surface area contributed by atoms with Gasteiger partial charge in [0, 0.05) is 7.05 Å². The zero-order valence-electron chi connectivity index (χ0n) is 9.79. The average molecular weight is 257 g/mol. The first-order valence-electron chi connectivity index (χ1n) is 5.47. The van der Waals surface area contributed by atoms with Crippen LogP contribution in [0.15, 0.2) is 5.16 Å². The van der Waals surface area contributed by atoms with Crippen LogP contribution in [0.3, 0.4) is 0 Å². The number of carboxylic acid groups (broad SMARTS) is 1. The Morgan fingerprint density at radius 1 is 1.59 bits per heavy atom. The third-order valence-electron chi connectivity index (χ3n) is 2.71. The predicted octanol–water partition coefficient (Wildman–Crippen LogP) is 1.23. The minimum absolute atomic E-state index is 0.00605. The average Bonchev–Trinajstić information content (AvgIpc) is 2.82. The molecule has 1 aliphatic rings. The van der Waals surface area contributed by atoms with Crippen LogP contribution in [-0.2, 0) is 16.6 Å². The minimum Gasteiger partial charge on any atom is -0.481 e. The zero-order chi connectivity index (χ0) is 12.4. The molecule has 7 heteroatoms. The standard InChI is InChI=1S/C10H15N3O3S/c1-6-3-4-7(16-6)9-11-12-10(13(9)2)17-5-8(14)15/h6-7H,3-5H2,1-2H3,(H,14,15). The summed E-state index contributed by atoms with van der Waals surface area (Å²) in [7, 11) is 1.84. The van der Waals surface area contributed by atoms with Crippen molar-refractivity contribution in [2.24, 2.45) is 7.05 Å².